The molecule has 3 rings (SSSR count). The zero-order valence-electron chi connectivity index (χ0n) is 16.2. The van der Waals surface area contributed by atoms with Gasteiger partial charge < -0.3 is 10.1 Å². The molecule has 0 aliphatic carbocycles. The predicted molar refractivity (Wildman–Crippen MR) is 107 cm³/mol. The van der Waals surface area contributed by atoms with Gasteiger partial charge in [-0.05, 0) is 37.1 Å². The molecule has 1 amide bonds. The first-order valence-corrected chi connectivity index (χ1v) is 9.28. The minimum absolute atomic E-state index is 0.0616. The number of carbonyl (C=O) groups excluding carboxylic acids is 1. The number of ether oxygens (including phenoxy) is 1. The van der Waals surface area contributed by atoms with E-state index >= 15 is 0 Å². The Morgan fingerprint density at radius 3 is 2.70 bits per heavy atom. The first-order chi connectivity index (χ1) is 14.2. The summed E-state index contributed by atoms with van der Waals surface area (Å²) in [5, 5.41) is 3.06. The Kier molecular flexibility index (Phi) is 6.39. The Morgan fingerprint density at radius 1 is 1.17 bits per heavy atom. The van der Waals surface area contributed by atoms with E-state index < -0.39 is 18.7 Å². The van der Waals surface area contributed by atoms with E-state index in [0.29, 0.717) is 17.3 Å². The Hall–Kier alpha value is -3.36. The third kappa shape index (κ3) is 5.37. The van der Waals surface area contributed by atoms with Crippen molar-refractivity contribution in [2.24, 2.45) is 0 Å². The van der Waals surface area contributed by atoms with Crippen LogP contribution in [-0.2, 0) is 11.3 Å². The number of halogens is 3. The topological polar surface area (TPSA) is 73.2 Å². The van der Waals surface area contributed by atoms with Gasteiger partial charge in [0.05, 0.1) is 22.9 Å². The number of nitrogens with one attached hydrogen (secondary N) is 1. The van der Waals surface area contributed by atoms with Crippen LogP contribution in [0.4, 0.5) is 18.9 Å². The van der Waals surface area contributed by atoms with Crippen molar-refractivity contribution >= 4 is 22.5 Å². The highest BCUT2D eigenvalue weighted by Gasteiger charge is 2.28. The number of benzene rings is 2. The number of rotatable bonds is 7. The van der Waals surface area contributed by atoms with Gasteiger partial charge in [-0.25, -0.2) is 4.98 Å². The van der Waals surface area contributed by atoms with Gasteiger partial charge in [0.15, 0.2) is 6.61 Å². The van der Waals surface area contributed by atoms with Crippen molar-refractivity contribution in [3.8, 4) is 5.75 Å². The highest BCUT2D eigenvalue weighted by atomic mass is 19.4. The molecule has 158 valence electrons. The summed E-state index contributed by atoms with van der Waals surface area (Å²) in [6, 6.07) is 11.3. The number of amides is 1. The van der Waals surface area contributed by atoms with Crippen molar-refractivity contribution in [2.45, 2.75) is 32.5 Å². The van der Waals surface area contributed by atoms with Crippen LogP contribution in [0.15, 0.2) is 53.6 Å². The van der Waals surface area contributed by atoms with Crippen molar-refractivity contribution < 1.29 is 22.7 Å². The molecule has 0 aliphatic rings. The molecule has 0 fully saturated rings. The van der Waals surface area contributed by atoms with Crippen LogP contribution in [0.3, 0.4) is 0 Å². The second-order valence-electron chi connectivity index (χ2n) is 6.77. The second-order valence-corrected chi connectivity index (χ2v) is 6.77. The quantitative estimate of drug-likeness (QED) is 0.627. The van der Waals surface area contributed by atoms with Crippen LogP contribution in [-0.4, -0.2) is 28.2 Å². The van der Waals surface area contributed by atoms with Gasteiger partial charge in [-0.3, -0.25) is 14.2 Å². The number of anilines is 1. The summed E-state index contributed by atoms with van der Waals surface area (Å²) in [4.78, 5) is 29.1. The zero-order chi connectivity index (χ0) is 21.7. The summed E-state index contributed by atoms with van der Waals surface area (Å²) in [5.41, 5.74) is 1.52. The fourth-order valence-electron chi connectivity index (χ4n) is 2.97. The number of carbonyl (C=O) groups is 1. The van der Waals surface area contributed by atoms with Gasteiger partial charge in [0.25, 0.3) is 5.56 Å². The minimum Gasteiger partial charge on any atom is -0.482 e. The smallest absolute Gasteiger partial charge is 0.422 e. The lowest BCUT2D eigenvalue weighted by Gasteiger charge is -2.14. The Morgan fingerprint density at radius 2 is 1.93 bits per heavy atom. The molecule has 0 saturated heterocycles. The molecule has 0 atom stereocenters. The predicted octanol–water partition coefficient (Wildman–Crippen LogP) is 4.06. The molecular weight excluding hydrogens is 399 g/mol. The number of para-hydroxylation sites is 3. The molecule has 1 heterocycles. The summed E-state index contributed by atoms with van der Waals surface area (Å²) < 4.78 is 43.3. The Balaban J connectivity index is 1.59. The molecule has 0 radical (unpaired) electrons. The van der Waals surface area contributed by atoms with Gasteiger partial charge in [-0.1, -0.05) is 24.3 Å². The maximum absolute atomic E-state index is 12.6. The SMILES string of the molecule is Cc1cccc2c(=O)n(CCCC(=O)Nc3ccccc3OCC(F)(F)F)cnc12. The van der Waals surface area contributed by atoms with Crippen molar-refractivity contribution in [3.05, 3.63) is 64.7 Å². The zero-order valence-corrected chi connectivity index (χ0v) is 16.2. The van der Waals surface area contributed by atoms with Gasteiger partial charge in [-0.15, -0.1) is 0 Å². The molecule has 30 heavy (non-hydrogen) atoms. The van der Waals surface area contributed by atoms with E-state index in [1.54, 1.807) is 18.2 Å². The molecule has 6 nitrogen and oxygen atoms in total. The second kappa shape index (κ2) is 8.98. The van der Waals surface area contributed by atoms with E-state index in [2.05, 4.69) is 10.3 Å². The molecule has 0 aliphatic heterocycles. The van der Waals surface area contributed by atoms with Crippen LogP contribution in [0, 0.1) is 6.92 Å². The van der Waals surface area contributed by atoms with Crippen LogP contribution in [0.5, 0.6) is 5.75 Å². The maximum Gasteiger partial charge on any atom is 0.422 e. The summed E-state index contributed by atoms with van der Waals surface area (Å²) in [5.74, 6) is -0.454. The van der Waals surface area contributed by atoms with Crippen molar-refractivity contribution in [1.29, 1.82) is 0 Å². The Bertz CT molecular complexity index is 1110. The molecule has 3 aromatic rings. The normalized spacial score (nSPS) is 11.5. The Labute approximate surface area is 170 Å². The average Bonchev–Trinajstić information content (AvgIpc) is 2.69. The van der Waals surface area contributed by atoms with Gasteiger partial charge in [0, 0.05) is 13.0 Å². The number of fused-ring (bicyclic) bond motifs is 1. The van der Waals surface area contributed by atoms with Gasteiger partial charge in [0.2, 0.25) is 5.91 Å². The van der Waals surface area contributed by atoms with Crippen LogP contribution in [0.25, 0.3) is 10.9 Å². The summed E-state index contributed by atoms with van der Waals surface area (Å²) >= 11 is 0. The molecule has 0 unspecified atom stereocenters. The molecular formula is C21H20F3N3O3. The molecule has 1 N–H and O–H groups in total. The largest absolute Gasteiger partial charge is 0.482 e. The average molecular weight is 419 g/mol. The van der Waals surface area contributed by atoms with Crippen molar-refractivity contribution in [2.75, 3.05) is 11.9 Å². The number of aryl methyl sites for hydroxylation is 2. The van der Waals surface area contributed by atoms with Gasteiger partial charge in [-0.2, -0.15) is 13.2 Å². The fraction of sp³-hybridized carbons (Fsp3) is 0.286. The van der Waals surface area contributed by atoms with Crippen molar-refractivity contribution in [3.63, 3.8) is 0 Å². The number of aromatic nitrogens is 2. The van der Waals surface area contributed by atoms with E-state index in [4.69, 9.17) is 4.74 Å². The fourth-order valence-corrected chi connectivity index (χ4v) is 2.97. The summed E-state index contributed by atoms with van der Waals surface area (Å²) in [6.07, 6.45) is -2.59. The number of alkyl halides is 3. The molecule has 0 spiro atoms. The lowest BCUT2D eigenvalue weighted by molar-refractivity contribution is -0.153. The number of nitrogens with zero attached hydrogens (tertiary/aromatic N) is 2. The van der Waals surface area contributed by atoms with E-state index in [9.17, 15) is 22.8 Å². The lowest BCUT2D eigenvalue weighted by Crippen LogP contribution is -2.22. The van der Waals surface area contributed by atoms with E-state index in [1.807, 2.05) is 13.0 Å². The number of hydrogen-bond acceptors (Lipinski definition) is 4. The van der Waals surface area contributed by atoms with Crippen LogP contribution in [0.1, 0.15) is 18.4 Å². The minimum atomic E-state index is -4.48. The van der Waals surface area contributed by atoms with Gasteiger partial charge in [0.1, 0.15) is 5.75 Å². The van der Waals surface area contributed by atoms with Crippen LogP contribution >= 0.6 is 0 Å². The standard InChI is InChI=1S/C21H20F3N3O3/c1-14-6-4-7-15-19(14)25-13-27(20(15)29)11-5-10-18(28)26-16-8-2-3-9-17(16)30-12-21(22,23)24/h2-4,6-9,13H,5,10-12H2,1H3,(H,26,28). The van der Waals surface area contributed by atoms with Crippen LogP contribution < -0.4 is 15.6 Å². The summed E-state index contributed by atoms with van der Waals surface area (Å²) in [7, 11) is 0. The molecule has 0 saturated carbocycles. The molecule has 9 heteroatoms. The highest BCUT2D eigenvalue weighted by Crippen LogP contribution is 2.26. The first kappa shape index (κ1) is 21.4. The lowest BCUT2D eigenvalue weighted by atomic mass is 10.1. The maximum atomic E-state index is 12.6. The van der Waals surface area contributed by atoms with E-state index in [-0.39, 0.29) is 30.0 Å². The molecule has 0 bridgehead atoms. The molecule has 2 aromatic carbocycles. The van der Waals surface area contributed by atoms with Crippen LogP contribution in [0.2, 0.25) is 0 Å². The van der Waals surface area contributed by atoms with Gasteiger partial charge >= 0.3 is 6.18 Å². The molecule has 1 aromatic heterocycles. The first-order valence-electron chi connectivity index (χ1n) is 9.28. The monoisotopic (exact) mass is 419 g/mol. The number of hydrogen-bond donors (Lipinski definition) is 1. The highest BCUT2D eigenvalue weighted by molar-refractivity contribution is 5.92. The van der Waals surface area contributed by atoms with Crippen molar-refractivity contribution in [1.82, 2.24) is 9.55 Å². The third-order valence-electron chi connectivity index (χ3n) is 4.41. The van der Waals surface area contributed by atoms with E-state index in [1.165, 1.54) is 29.1 Å². The van der Waals surface area contributed by atoms with E-state index in [0.717, 1.165) is 5.56 Å². The third-order valence-corrected chi connectivity index (χ3v) is 4.41. The summed E-state index contributed by atoms with van der Waals surface area (Å²) in [6.45, 7) is 0.715.